The van der Waals surface area contributed by atoms with E-state index in [1.54, 1.807) is 0 Å². The van der Waals surface area contributed by atoms with Crippen molar-refractivity contribution in [3.05, 3.63) is 0 Å². The van der Waals surface area contributed by atoms with Crippen LogP contribution in [0.5, 0.6) is 0 Å². The van der Waals surface area contributed by atoms with Gasteiger partial charge in [0.25, 0.3) is 0 Å². The second-order valence-corrected chi connectivity index (χ2v) is 3.57. The Balaban J connectivity index is 2.11. The van der Waals surface area contributed by atoms with E-state index in [-0.39, 0.29) is 13.2 Å². The van der Waals surface area contributed by atoms with Crippen LogP contribution in [0.4, 0.5) is 8.78 Å². The van der Waals surface area contributed by atoms with Gasteiger partial charge in [0.05, 0.1) is 6.42 Å². The average Bonchev–Trinajstić information content (AvgIpc) is 2.40. The number of halogens is 2. The summed E-state index contributed by atoms with van der Waals surface area (Å²) in [5.41, 5.74) is 0. The fourth-order valence-electron chi connectivity index (χ4n) is 1.39. The van der Waals surface area contributed by atoms with Gasteiger partial charge in [-0.2, -0.15) is 8.78 Å². The van der Waals surface area contributed by atoms with Gasteiger partial charge in [-0.25, -0.2) is 4.79 Å². The molecule has 2 N–H and O–H groups in total. The molecule has 1 atom stereocenters. The summed E-state index contributed by atoms with van der Waals surface area (Å²) in [5, 5.41) is 11.4. The molecule has 88 valence electrons. The molecular weight excluding hydrogens is 208 g/mol. The molecule has 0 spiro atoms. The van der Waals surface area contributed by atoms with Crippen LogP contribution in [0.25, 0.3) is 0 Å². The van der Waals surface area contributed by atoms with E-state index in [0.717, 1.165) is 6.42 Å². The topological polar surface area (TPSA) is 58.6 Å². The number of nitrogens with one attached hydrogen (secondary N) is 1. The smallest absolute Gasteiger partial charge is 0.377 e. The number of alkyl halides is 2. The first-order valence-corrected chi connectivity index (χ1v) is 4.97. The van der Waals surface area contributed by atoms with Crippen LogP contribution in [0, 0.1) is 0 Å². The molecule has 0 bridgehead atoms. The molecule has 0 aliphatic carbocycles. The third-order valence-corrected chi connectivity index (χ3v) is 2.19. The van der Waals surface area contributed by atoms with Gasteiger partial charge in [-0.15, -0.1) is 0 Å². The summed E-state index contributed by atoms with van der Waals surface area (Å²) >= 11 is 0. The summed E-state index contributed by atoms with van der Waals surface area (Å²) in [4.78, 5) is 10.6. The zero-order valence-electron chi connectivity index (χ0n) is 8.34. The minimum Gasteiger partial charge on any atom is -0.456 e. The summed E-state index contributed by atoms with van der Waals surface area (Å²) in [7, 11) is 0. The maximum Gasteiger partial charge on any atom is 0.377 e. The Morgan fingerprint density at radius 3 is 2.80 bits per heavy atom. The van der Waals surface area contributed by atoms with Gasteiger partial charge in [-0.05, 0) is 19.4 Å². The fourth-order valence-corrected chi connectivity index (χ4v) is 1.39. The van der Waals surface area contributed by atoms with Crippen LogP contribution in [0.15, 0.2) is 0 Å². The monoisotopic (exact) mass is 223 g/mol. The largest absolute Gasteiger partial charge is 0.456 e. The number of rotatable bonds is 6. The Labute approximate surface area is 86.6 Å². The number of unbranched alkanes of at least 4 members (excludes halogenated alkanes) is 1. The van der Waals surface area contributed by atoms with E-state index in [2.05, 4.69) is 10.1 Å². The molecule has 1 unspecified atom stereocenters. The molecule has 0 radical (unpaired) electrons. The third-order valence-electron chi connectivity index (χ3n) is 2.19. The Hall–Kier alpha value is -0.750. The van der Waals surface area contributed by atoms with E-state index in [4.69, 9.17) is 5.11 Å². The SMILES string of the molecule is O=C1OC(CNCCCCO)CC1(F)F. The van der Waals surface area contributed by atoms with Crippen LogP contribution in [0.1, 0.15) is 19.3 Å². The Bertz CT molecular complexity index is 223. The maximum atomic E-state index is 12.7. The van der Waals surface area contributed by atoms with Crippen LogP contribution in [0.2, 0.25) is 0 Å². The third kappa shape index (κ3) is 3.71. The van der Waals surface area contributed by atoms with Gasteiger partial charge in [0.15, 0.2) is 0 Å². The number of carbonyl (C=O) groups is 1. The van der Waals surface area contributed by atoms with Gasteiger partial charge in [0.1, 0.15) is 6.10 Å². The van der Waals surface area contributed by atoms with Crippen molar-refractivity contribution in [1.29, 1.82) is 0 Å². The quantitative estimate of drug-likeness (QED) is 0.502. The lowest BCUT2D eigenvalue weighted by atomic mass is 10.2. The maximum absolute atomic E-state index is 12.7. The van der Waals surface area contributed by atoms with Crippen LogP contribution >= 0.6 is 0 Å². The average molecular weight is 223 g/mol. The van der Waals surface area contributed by atoms with E-state index in [9.17, 15) is 13.6 Å². The summed E-state index contributed by atoms with van der Waals surface area (Å²) in [5.74, 6) is -4.75. The van der Waals surface area contributed by atoms with Crippen LogP contribution in [-0.2, 0) is 9.53 Å². The van der Waals surface area contributed by atoms with E-state index >= 15 is 0 Å². The zero-order valence-corrected chi connectivity index (χ0v) is 8.34. The number of hydrogen-bond acceptors (Lipinski definition) is 4. The highest BCUT2D eigenvalue weighted by Gasteiger charge is 2.50. The van der Waals surface area contributed by atoms with E-state index in [0.29, 0.717) is 13.0 Å². The molecule has 0 amide bonds. The number of carbonyl (C=O) groups excluding carboxylic acids is 1. The molecule has 0 aromatic carbocycles. The molecule has 1 aliphatic rings. The van der Waals surface area contributed by atoms with Gasteiger partial charge in [-0.3, -0.25) is 0 Å². The van der Waals surface area contributed by atoms with Crippen LogP contribution in [0.3, 0.4) is 0 Å². The molecule has 1 aliphatic heterocycles. The minimum atomic E-state index is -3.32. The number of hydrogen-bond donors (Lipinski definition) is 2. The van der Waals surface area contributed by atoms with Gasteiger partial charge < -0.3 is 15.2 Å². The van der Waals surface area contributed by atoms with Crippen molar-refractivity contribution >= 4 is 5.97 Å². The molecule has 0 aromatic rings. The number of cyclic esters (lactones) is 1. The molecule has 15 heavy (non-hydrogen) atoms. The van der Waals surface area contributed by atoms with Crippen LogP contribution in [-0.4, -0.2) is 42.8 Å². The predicted octanol–water partition coefficient (Wildman–Crippen LogP) is 0.299. The van der Waals surface area contributed by atoms with Crippen molar-refractivity contribution < 1.29 is 23.4 Å². The highest BCUT2D eigenvalue weighted by molar-refractivity contribution is 5.79. The fraction of sp³-hybridized carbons (Fsp3) is 0.889. The molecule has 1 heterocycles. The molecule has 1 rings (SSSR count). The molecule has 6 heteroatoms. The molecule has 0 aromatic heterocycles. The first-order valence-electron chi connectivity index (χ1n) is 4.97. The van der Waals surface area contributed by atoms with Gasteiger partial charge in [0, 0.05) is 13.2 Å². The van der Waals surface area contributed by atoms with E-state index < -0.39 is 24.4 Å². The number of esters is 1. The summed E-state index contributed by atoms with van der Waals surface area (Å²) < 4.78 is 29.8. The first-order chi connectivity index (χ1) is 7.06. The van der Waals surface area contributed by atoms with E-state index in [1.807, 2.05) is 0 Å². The van der Waals surface area contributed by atoms with Crippen molar-refractivity contribution in [2.75, 3.05) is 19.7 Å². The molecule has 1 fully saturated rings. The van der Waals surface area contributed by atoms with E-state index in [1.165, 1.54) is 0 Å². The Morgan fingerprint density at radius 2 is 2.27 bits per heavy atom. The van der Waals surface area contributed by atoms with Crippen LogP contribution < -0.4 is 5.32 Å². The number of ether oxygens (including phenoxy) is 1. The highest BCUT2D eigenvalue weighted by atomic mass is 19.3. The molecule has 1 saturated heterocycles. The second-order valence-electron chi connectivity index (χ2n) is 3.57. The van der Waals surface area contributed by atoms with Crippen molar-refractivity contribution in [2.24, 2.45) is 0 Å². The Morgan fingerprint density at radius 1 is 1.53 bits per heavy atom. The number of aliphatic hydroxyl groups excluding tert-OH is 1. The lowest BCUT2D eigenvalue weighted by Gasteiger charge is -2.09. The van der Waals surface area contributed by atoms with Gasteiger partial charge in [-0.1, -0.05) is 0 Å². The molecular formula is C9H15F2NO3. The standard InChI is InChI=1S/C9H15F2NO3/c10-9(11)5-7(15-8(9)14)6-12-3-1-2-4-13/h7,12-13H,1-6H2. The summed E-state index contributed by atoms with van der Waals surface area (Å²) in [6.07, 6.45) is 0.168. The van der Waals surface area contributed by atoms with Crippen molar-refractivity contribution in [3.8, 4) is 0 Å². The number of aliphatic hydroxyl groups is 1. The molecule has 4 nitrogen and oxygen atoms in total. The van der Waals surface area contributed by atoms with Gasteiger partial charge >= 0.3 is 11.9 Å². The highest BCUT2D eigenvalue weighted by Crippen LogP contribution is 2.30. The Kier molecular flexibility index (Phi) is 4.41. The summed E-state index contributed by atoms with van der Waals surface area (Å²) in [6.45, 7) is 0.991. The first kappa shape index (κ1) is 12.3. The predicted molar refractivity (Wildman–Crippen MR) is 48.6 cm³/mol. The lowest BCUT2D eigenvalue weighted by Crippen LogP contribution is -2.28. The van der Waals surface area contributed by atoms with Crippen molar-refractivity contribution in [1.82, 2.24) is 5.32 Å². The van der Waals surface area contributed by atoms with Crippen molar-refractivity contribution in [2.45, 2.75) is 31.3 Å². The lowest BCUT2D eigenvalue weighted by molar-refractivity contribution is -0.158. The summed E-state index contributed by atoms with van der Waals surface area (Å²) in [6, 6.07) is 0. The van der Waals surface area contributed by atoms with Gasteiger partial charge in [0.2, 0.25) is 0 Å². The zero-order chi connectivity index (χ0) is 11.3. The second kappa shape index (κ2) is 5.37. The molecule has 0 saturated carbocycles. The normalized spacial score (nSPS) is 24.2. The minimum absolute atomic E-state index is 0.123. The van der Waals surface area contributed by atoms with Crippen molar-refractivity contribution in [3.63, 3.8) is 0 Å².